The number of hydrogen-bond acceptors (Lipinski definition) is 3. The summed E-state index contributed by atoms with van der Waals surface area (Å²) in [6.07, 6.45) is 4.42. The Bertz CT molecular complexity index is 332. The molecule has 0 saturated carbocycles. The summed E-state index contributed by atoms with van der Waals surface area (Å²) in [6, 6.07) is 0. The number of nitrogens with two attached hydrogens (primary N) is 1. The summed E-state index contributed by atoms with van der Waals surface area (Å²) in [5, 5.41) is 8.09. The Morgan fingerprint density at radius 3 is 2.67 bits per heavy atom. The lowest BCUT2D eigenvalue weighted by molar-refractivity contribution is 0.521. The highest BCUT2D eigenvalue weighted by atomic mass is 32.1. The van der Waals surface area contributed by atoms with E-state index >= 15 is 0 Å². The van der Waals surface area contributed by atoms with E-state index in [0.29, 0.717) is 10.7 Å². The van der Waals surface area contributed by atoms with Gasteiger partial charge in [-0.3, -0.25) is 0 Å². The number of nitrogens with zero attached hydrogens (tertiary/aromatic N) is 3. The number of aryl methyl sites for hydroxylation is 1. The van der Waals surface area contributed by atoms with Crippen LogP contribution in [0.5, 0.6) is 0 Å². The number of aromatic nitrogens is 3. The van der Waals surface area contributed by atoms with Crippen LogP contribution in [0.15, 0.2) is 0 Å². The molecule has 0 saturated heterocycles. The molecule has 0 spiro atoms. The predicted octanol–water partition coefficient (Wildman–Crippen LogP) is 1.66. The summed E-state index contributed by atoms with van der Waals surface area (Å²) in [4.78, 5) is 0.341. The van der Waals surface area contributed by atoms with Gasteiger partial charge < -0.3 is 5.73 Å². The van der Waals surface area contributed by atoms with Crippen LogP contribution in [0.4, 0.5) is 0 Å². The zero-order valence-corrected chi connectivity index (χ0v) is 10.2. The third kappa shape index (κ3) is 2.99. The molecule has 84 valence electrons. The summed E-state index contributed by atoms with van der Waals surface area (Å²) in [5.41, 5.74) is 7.31. The molecular weight excluding hydrogens is 208 g/mol. The number of thiocarbonyl (C=S) groups is 1. The quantitative estimate of drug-likeness (QED) is 0.592. The second-order valence-corrected chi connectivity index (χ2v) is 3.97. The lowest BCUT2D eigenvalue weighted by atomic mass is 10.2. The van der Waals surface area contributed by atoms with Gasteiger partial charge in [0.1, 0.15) is 10.7 Å². The standard InChI is InChI=1S/C10H18N4S/c1-3-5-6-7-14-8(4-2)9(10(11)15)12-13-14/h3-7H2,1-2H3,(H2,11,15). The van der Waals surface area contributed by atoms with Crippen LogP contribution in [0.1, 0.15) is 44.5 Å². The number of hydrogen-bond donors (Lipinski definition) is 1. The van der Waals surface area contributed by atoms with Gasteiger partial charge in [0.15, 0.2) is 0 Å². The van der Waals surface area contributed by atoms with Crippen LogP contribution in [0.2, 0.25) is 0 Å². The lowest BCUT2D eigenvalue weighted by Gasteiger charge is -2.04. The predicted molar refractivity (Wildman–Crippen MR) is 64.8 cm³/mol. The third-order valence-corrected chi connectivity index (χ3v) is 2.57. The van der Waals surface area contributed by atoms with Gasteiger partial charge in [-0.05, 0) is 12.8 Å². The van der Waals surface area contributed by atoms with E-state index in [-0.39, 0.29) is 0 Å². The maximum Gasteiger partial charge on any atom is 0.143 e. The largest absolute Gasteiger partial charge is 0.388 e. The monoisotopic (exact) mass is 226 g/mol. The van der Waals surface area contributed by atoms with E-state index in [2.05, 4.69) is 24.2 Å². The Morgan fingerprint density at radius 2 is 2.13 bits per heavy atom. The molecule has 0 bridgehead atoms. The van der Waals surface area contributed by atoms with Crippen LogP contribution in [0.25, 0.3) is 0 Å². The molecule has 0 aliphatic rings. The topological polar surface area (TPSA) is 56.7 Å². The van der Waals surface area contributed by atoms with Crippen molar-refractivity contribution in [1.82, 2.24) is 15.0 Å². The van der Waals surface area contributed by atoms with Crippen molar-refractivity contribution in [3.05, 3.63) is 11.4 Å². The van der Waals surface area contributed by atoms with Crippen molar-refractivity contribution in [1.29, 1.82) is 0 Å². The van der Waals surface area contributed by atoms with E-state index in [0.717, 1.165) is 25.1 Å². The highest BCUT2D eigenvalue weighted by molar-refractivity contribution is 7.80. The van der Waals surface area contributed by atoms with Crippen molar-refractivity contribution in [3.63, 3.8) is 0 Å². The van der Waals surface area contributed by atoms with Gasteiger partial charge in [0, 0.05) is 6.54 Å². The van der Waals surface area contributed by atoms with Crippen LogP contribution < -0.4 is 5.73 Å². The van der Waals surface area contributed by atoms with Crippen LogP contribution in [-0.4, -0.2) is 20.0 Å². The fourth-order valence-electron chi connectivity index (χ4n) is 1.57. The van der Waals surface area contributed by atoms with Gasteiger partial charge >= 0.3 is 0 Å². The van der Waals surface area contributed by atoms with Gasteiger partial charge in [0.2, 0.25) is 0 Å². The van der Waals surface area contributed by atoms with Crippen LogP contribution in [0, 0.1) is 0 Å². The number of rotatable bonds is 6. The molecule has 0 radical (unpaired) electrons. The van der Waals surface area contributed by atoms with Gasteiger partial charge in [-0.25, -0.2) is 4.68 Å². The first-order valence-electron chi connectivity index (χ1n) is 5.42. The molecule has 0 atom stereocenters. The van der Waals surface area contributed by atoms with Crippen molar-refractivity contribution in [2.75, 3.05) is 0 Å². The second kappa shape index (κ2) is 5.80. The second-order valence-electron chi connectivity index (χ2n) is 3.53. The van der Waals surface area contributed by atoms with E-state index < -0.39 is 0 Å². The van der Waals surface area contributed by atoms with Crippen LogP contribution in [0.3, 0.4) is 0 Å². The molecule has 4 nitrogen and oxygen atoms in total. The van der Waals surface area contributed by atoms with Crippen LogP contribution in [-0.2, 0) is 13.0 Å². The molecule has 0 aliphatic heterocycles. The summed E-state index contributed by atoms with van der Waals surface area (Å²) in [7, 11) is 0. The molecule has 1 heterocycles. The minimum atomic E-state index is 0.341. The summed E-state index contributed by atoms with van der Waals surface area (Å²) in [6.45, 7) is 5.16. The molecular formula is C10H18N4S. The third-order valence-electron chi connectivity index (χ3n) is 2.38. The van der Waals surface area contributed by atoms with Gasteiger partial charge in [-0.15, -0.1) is 5.10 Å². The van der Waals surface area contributed by atoms with Crippen molar-refractivity contribution >= 4 is 17.2 Å². The molecule has 0 fully saturated rings. The zero-order valence-electron chi connectivity index (χ0n) is 9.36. The Kier molecular flexibility index (Phi) is 4.68. The highest BCUT2D eigenvalue weighted by Gasteiger charge is 2.12. The van der Waals surface area contributed by atoms with Gasteiger partial charge in [0.05, 0.1) is 5.69 Å². The smallest absolute Gasteiger partial charge is 0.143 e. The molecule has 0 aliphatic carbocycles. The molecule has 2 N–H and O–H groups in total. The molecule has 0 amide bonds. The Morgan fingerprint density at radius 1 is 1.40 bits per heavy atom. The van der Waals surface area contributed by atoms with Gasteiger partial charge in [0.25, 0.3) is 0 Å². The molecule has 5 heteroatoms. The van der Waals surface area contributed by atoms with E-state index in [4.69, 9.17) is 18.0 Å². The van der Waals surface area contributed by atoms with E-state index in [1.165, 1.54) is 12.8 Å². The minimum absolute atomic E-state index is 0.341. The first-order valence-corrected chi connectivity index (χ1v) is 5.83. The fraction of sp³-hybridized carbons (Fsp3) is 0.700. The maximum atomic E-state index is 5.57. The number of unbranched alkanes of at least 4 members (excludes halogenated alkanes) is 2. The summed E-state index contributed by atoms with van der Waals surface area (Å²) in [5.74, 6) is 0. The van der Waals surface area contributed by atoms with E-state index in [1.54, 1.807) is 0 Å². The lowest BCUT2D eigenvalue weighted by Crippen LogP contribution is -2.13. The summed E-state index contributed by atoms with van der Waals surface area (Å²) < 4.78 is 1.92. The Hall–Kier alpha value is -0.970. The average Bonchev–Trinajstić information content (AvgIpc) is 2.61. The Labute approximate surface area is 95.8 Å². The fourth-order valence-corrected chi connectivity index (χ4v) is 1.72. The first kappa shape index (κ1) is 12.1. The molecule has 15 heavy (non-hydrogen) atoms. The van der Waals surface area contributed by atoms with Crippen molar-refractivity contribution in [3.8, 4) is 0 Å². The molecule has 0 aromatic carbocycles. The van der Waals surface area contributed by atoms with Crippen molar-refractivity contribution in [2.24, 2.45) is 5.73 Å². The van der Waals surface area contributed by atoms with Crippen LogP contribution >= 0.6 is 12.2 Å². The Balaban J connectivity index is 2.75. The van der Waals surface area contributed by atoms with E-state index in [1.807, 2.05) is 4.68 Å². The van der Waals surface area contributed by atoms with E-state index in [9.17, 15) is 0 Å². The average molecular weight is 226 g/mol. The molecule has 0 unspecified atom stereocenters. The van der Waals surface area contributed by atoms with Gasteiger partial charge in [-0.1, -0.05) is 44.1 Å². The van der Waals surface area contributed by atoms with Crippen molar-refractivity contribution < 1.29 is 0 Å². The molecule has 1 aromatic heterocycles. The summed E-state index contributed by atoms with van der Waals surface area (Å²) >= 11 is 4.93. The molecule has 1 rings (SSSR count). The highest BCUT2D eigenvalue weighted by Crippen LogP contribution is 2.08. The first-order chi connectivity index (χ1) is 7.20. The normalized spacial score (nSPS) is 10.5. The van der Waals surface area contributed by atoms with Gasteiger partial charge in [-0.2, -0.15) is 0 Å². The minimum Gasteiger partial charge on any atom is -0.388 e. The van der Waals surface area contributed by atoms with Crippen molar-refractivity contribution in [2.45, 2.75) is 46.1 Å². The molecule has 1 aromatic rings. The SMILES string of the molecule is CCCCCn1nnc(C(N)=S)c1CC. The maximum absolute atomic E-state index is 5.57. The zero-order chi connectivity index (χ0) is 11.3.